The number of hydrogen-bond donors (Lipinski definition) is 2. The highest BCUT2D eigenvalue weighted by molar-refractivity contribution is 5.32. The van der Waals surface area contributed by atoms with Gasteiger partial charge < -0.3 is 5.32 Å². The fraction of sp³-hybridized carbons (Fsp3) is 0.250. The molecule has 0 aliphatic heterocycles. The molecule has 1 rings (SSSR count). The highest BCUT2D eigenvalue weighted by atomic mass is 16.1. The van der Waals surface area contributed by atoms with E-state index in [1.807, 2.05) is 19.1 Å². The molecule has 64 valence electrons. The molecule has 0 saturated heterocycles. The van der Waals surface area contributed by atoms with Gasteiger partial charge >= 0.3 is 5.69 Å². The normalized spacial score (nSPS) is 10.4. The van der Waals surface area contributed by atoms with Crippen molar-refractivity contribution in [3.05, 3.63) is 34.9 Å². The summed E-state index contributed by atoms with van der Waals surface area (Å²) in [5.74, 6) is 0.688. The van der Waals surface area contributed by atoms with Gasteiger partial charge in [0, 0.05) is 12.7 Å². The number of aromatic amines is 1. The second-order valence-electron chi connectivity index (χ2n) is 2.24. The van der Waals surface area contributed by atoms with E-state index in [2.05, 4.69) is 15.3 Å². The van der Waals surface area contributed by atoms with Crippen LogP contribution in [0, 0.1) is 0 Å². The molecule has 0 saturated carbocycles. The average molecular weight is 165 g/mol. The van der Waals surface area contributed by atoms with Crippen molar-refractivity contribution in [2.75, 3.05) is 11.9 Å². The summed E-state index contributed by atoms with van der Waals surface area (Å²) in [6.45, 7) is 2.65. The Hall–Kier alpha value is -1.58. The third kappa shape index (κ3) is 2.57. The van der Waals surface area contributed by atoms with Crippen LogP contribution in [-0.4, -0.2) is 16.5 Å². The van der Waals surface area contributed by atoms with Gasteiger partial charge in [-0.1, -0.05) is 12.2 Å². The molecule has 1 heterocycles. The maximum atomic E-state index is 10.7. The van der Waals surface area contributed by atoms with Crippen LogP contribution in [0.2, 0.25) is 0 Å². The molecule has 2 N–H and O–H groups in total. The van der Waals surface area contributed by atoms with Crippen LogP contribution in [0.3, 0.4) is 0 Å². The first-order chi connectivity index (χ1) is 5.83. The number of allylic oxidation sites excluding steroid dienone is 1. The summed E-state index contributed by atoms with van der Waals surface area (Å²) in [6.07, 6.45) is 5.36. The van der Waals surface area contributed by atoms with Crippen molar-refractivity contribution < 1.29 is 0 Å². The Bertz CT molecular complexity index is 316. The van der Waals surface area contributed by atoms with E-state index in [1.165, 1.54) is 6.20 Å². The molecule has 0 aliphatic rings. The van der Waals surface area contributed by atoms with Gasteiger partial charge in [0.2, 0.25) is 0 Å². The van der Waals surface area contributed by atoms with Crippen molar-refractivity contribution in [3.63, 3.8) is 0 Å². The summed E-state index contributed by atoms with van der Waals surface area (Å²) >= 11 is 0. The summed E-state index contributed by atoms with van der Waals surface area (Å²) in [6, 6.07) is 1.71. The maximum Gasteiger partial charge on any atom is 0.346 e. The lowest BCUT2D eigenvalue weighted by Crippen LogP contribution is -2.12. The van der Waals surface area contributed by atoms with E-state index < -0.39 is 0 Å². The molecule has 0 amide bonds. The number of aromatic nitrogens is 2. The number of anilines is 1. The monoisotopic (exact) mass is 165 g/mol. The number of hydrogen-bond acceptors (Lipinski definition) is 3. The Morgan fingerprint density at radius 3 is 3.25 bits per heavy atom. The predicted octanol–water partition coefficient (Wildman–Crippen LogP) is 0.758. The van der Waals surface area contributed by atoms with E-state index in [0.717, 1.165) is 0 Å². The largest absolute Gasteiger partial charge is 0.368 e. The van der Waals surface area contributed by atoms with E-state index in [9.17, 15) is 4.79 Å². The summed E-state index contributed by atoms with van der Waals surface area (Å²) in [5.41, 5.74) is -0.333. The average Bonchev–Trinajstić information content (AvgIpc) is 2.05. The molecule has 0 fully saturated rings. The van der Waals surface area contributed by atoms with Gasteiger partial charge in [-0.25, -0.2) is 9.78 Å². The first kappa shape index (κ1) is 8.52. The van der Waals surface area contributed by atoms with Crippen LogP contribution < -0.4 is 11.0 Å². The maximum absolute atomic E-state index is 10.7. The van der Waals surface area contributed by atoms with Crippen LogP contribution in [0.4, 0.5) is 5.82 Å². The van der Waals surface area contributed by atoms with Crippen LogP contribution in [0.1, 0.15) is 6.92 Å². The van der Waals surface area contributed by atoms with Gasteiger partial charge in [-0.3, -0.25) is 4.98 Å². The summed E-state index contributed by atoms with van der Waals surface area (Å²) in [4.78, 5) is 16.8. The number of H-pyrrole nitrogens is 1. The molecule has 0 unspecified atom stereocenters. The van der Waals surface area contributed by atoms with E-state index in [4.69, 9.17) is 0 Å². The lowest BCUT2D eigenvalue weighted by atomic mass is 10.5. The number of rotatable bonds is 3. The molecular weight excluding hydrogens is 154 g/mol. The van der Waals surface area contributed by atoms with Gasteiger partial charge in [0.05, 0.1) is 0 Å². The molecule has 4 heteroatoms. The van der Waals surface area contributed by atoms with E-state index in [0.29, 0.717) is 12.4 Å². The zero-order valence-electron chi connectivity index (χ0n) is 6.87. The van der Waals surface area contributed by atoms with Crippen molar-refractivity contribution in [1.82, 2.24) is 9.97 Å². The molecular formula is C8H11N3O. The summed E-state index contributed by atoms with van der Waals surface area (Å²) in [5, 5.41) is 3.00. The lowest BCUT2D eigenvalue weighted by Gasteiger charge is -2.00. The predicted molar refractivity (Wildman–Crippen MR) is 48.2 cm³/mol. The molecule has 1 aromatic heterocycles. The Balaban J connectivity index is 2.58. The van der Waals surface area contributed by atoms with Gasteiger partial charge in [-0.15, -0.1) is 0 Å². The third-order valence-corrected chi connectivity index (χ3v) is 1.32. The van der Waals surface area contributed by atoms with Crippen LogP contribution in [0.15, 0.2) is 29.2 Å². The van der Waals surface area contributed by atoms with E-state index in [-0.39, 0.29) is 5.69 Å². The van der Waals surface area contributed by atoms with Crippen molar-refractivity contribution >= 4 is 5.82 Å². The molecule has 12 heavy (non-hydrogen) atoms. The van der Waals surface area contributed by atoms with Crippen molar-refractivity contribution in [1.29, 1.82) is 0 Å². The van der Waals surface area contributed by atoms with Gasteiger partial charge in [-0.05, 0) is 13.0 Å². The Kier molecular flexibility index (Phi) is 3.07. The molecule has 1 aromatic rings. The molecule has 0 atom stereocenters. The fourth-order valence-corrected chi connectivity index (χ4v) is 0.758. The summed E-state index contributed by atoms with van der Waals surface area (Å²) in [7, 11) is 0. The smallest absolute Gasteiger partial charge is 0.346 e. The highest BCUT2D eigenvalue weighted by Crippen LogP contribution is 1.93. The lowest BCUT2D eigenvalue weighted by molar-refractivity contribution is 1.06. The van der Waals surface area contributed by atoms with Crippen LogP contribution in [-0.2, 0) is 0 Å². The number of nitrogens with one attached hydrogen (secondary N) is 2. The first-order valence-corrected chi connectivity index (χ1v) is 3.73. The van der Waals surface area contributed by atoms with Crippen molar-refractivity contribution in [2.45, 2.75) is 6.92 Å². The van der Waals surface area contributed by atoms with Gasteiger partial charge in [0.25, 0.3) is 0 Å². The van der Waals surface area contributed by atoms with Gasteiger partial charge in [0.1, 0.15) is 5.82 Å². The Labute approximate surface area is 70.4 Å². The van der Waals surface area contributed by atoms with Crippen molar-refractivity contribution in [3.8, 4) is 0 Å². The molecule has 0 spiro atoms. The highest BCUT2D eigenvalue weighted by Gasteiger charge is 1.88. The number of nitrogens with zero attached hydrogens (tertiary/aromatic N) is 1. The second kappa shape index (κ2) is 4.33. The van der Waals surface area contributed by atoms with Crippen molar-refractivity contribution in [2.24, 2.45) is 0 Å². The third-order valence-electron chi connectivity index (χ3n) is 1.32. The quantitative estimate of drug-likeness (QED) is 0.650. The van der Waals surface area contributed by atoms with E-state index in [1.54, 1.807) is 6.07 Å². The zero-order chi connectivity index (χ0) is 8.81. The van der Waals surface area contributed by atoms with Crippen LogP contribution >= 0.6 is 0 Å². The van der Waals surface area contributed by atoms with Crippen LogP contribution in [0.25, 0.3) is 0 Å². The fourth-order valence-electron chi connectivity index (χ4n) is 0.758. The minimum atomic E-state index is -0.333. The molecule has 0 aliphatic carbocycles. The minimum Gasteiger partial charge on any atom is -0.368 e. The molecule has 0 radical (unpaired) electrons. The van der Waals surface area contributed by atoms with Gasteiger partial charge in [-0.2, -0.15) is 0 Å². The zero-order valence-corrected chi connectivity index (χ0v) is 6.87. The Morgan fingerprint density at radius 2 is 2.58 bits per heavy atom. The standard InChI is InChI=1S/C8H11N3O/c1-2-3-5-9-7-4-6-10-8(12)11-7/h2-4,6H,5H2,1H3,(H2,9,10,11,12)/b3-2-. The van der Waals surface area contributed by atoms with Gasteiger partial charge in [0.15, 0.2) is 0 Å². The van der Waals surface area contributed by atoms with Crippen LogP contribution in [0.5, 0.6) is 0 Å². The molecule has 0 aromatic carbocycles. The Morgan fingerprint density at radius 1 is 1.75 bits per heavy atom. The van der Waals surface area contributed by atoms with E-state index >= 15 is 0 Å². The second-order valence-corrected chi connectivity index (χ2v) is 2.24. The topological polar surface area (TPSA) is 57.8 Å². The molecule has 0 bridgehead atoms. The summed E-state index contributed by atoms with van der Waals surface area (Å²) < 4.78 is 0. The SMILES string of the molecule is C/C=C\CNc1ccnc(=O)[nH]1. The molecule has 4 nitrogen and oxygen atoms in total. The first-order valence-electron chi connectivity index (χ1n) is 3.73. The minimum absolute atomic E-state index is 0.333.